The van der Waals surface area contributed by atoms with E-state index in [1.165, 1.54) is 0 Å². The highest BCUT2D eigenvalue weighted by molar-refractivity contribution is 6.01. The highest BCUT2D eigenvalue weighted by Gasteiger charge is 2.45. The number of nitrogens with zero attached hydrogens (tertiary/aromatic N) is 3. The minimum Gasteiger partial charge on any atom is -0.396 e. The largest absolute Gasteiger partial charge is 0.396 e. The van der Waals surface area contributed by atoms with Gasteiger partial charge in [0, 0.05) is 42.6 Å². The fourth-order valence-corrected chi connectivity index (χ4v) is 4.39. The summed E-state index contributed by atoms with van der Waals surface area (Å²) in [6, 6.07) is 8.09. The van der Waals surface area contributed by atoms with Gasteiger partial charge in [-0.1, -0.05) is 17.7 Å². The third-order valence-corrected chi connectivity index (χ3v) is 5.64. The molecule has 2 saturated heterocycles. The number of rotatable bonds is 3. The fraction of sp³-hybridized carbons (Fsp3) is 0.450. The SMILES string of the molecule is Cc1ccc(-c2ncccn2)c(C(=O)N2C3CC[C@@H]2CC[C@@H]3CO)c1. The number of aryl methyl sites for hydroxylation is 1. The molecule has 25 heavy (non-hydrogen) atoms. The average molecular weight is 337 g/mol. The van der Waals surface area contributed by atoms with Crippen molar-refractivity contribution in [3.05, 3.63) is 47.8 Å². The van der Waals surface area contributed by atoms with Gasteiger partial charge in [0.25, 0.3) is 5.91 Å². The molecule has 2 aromatic rings. The van der Waals surface area contributed by atoms with Crippen molar-refractivity contribution in [2.75, 3.05) is 6.61 Å². The molecule has 130 valence electrons. The van der Waals surface area contributed by atoms with Crippen LogP contribution in [0.15, 0.2) is 36.7 Å². The lowest BCUT2D eigenvalue weighted by Gasteiger charge is -2.39. The molecule has 2 aliphatic rings. The number of piperidine rings is 1. The molecular formula is C20H23N3O2. The Hall–Kier alpha value is -2.27. The summed E-state index contributed by atoms with van der Waals surface area (Å²) in [5, 5.41) is 9.70. The second-order valence-electron chi connectivity index (χ2n) is 7.15. The highest BCUT2D eigenvalue weighted by atomic mass is 16.3. The topological polar surface area (TPSA) is 66.3 Å². The standard InChI is InChI=1S/C20H23N3O2/c1-13-3-7-16(19-21-9-2-10-22-19)17(11-13)20(25)23-15-5-4-14(12-24)18(23)8-6-15/h2-3,7,9-11,14-15,18,24H,4-6,8,12H2,1H3/t14-,15+,18?/m1/s1. The molecule has 1 amide bonds. The third kappa shape index (κ3) is 2.82. The van der Waals surface area contributed by atoms with Crippen molar-refractivity contribution in [1.82, 2.24) is 14.9 Å². The summed E-state index contributed by atoms with van der Waals surface area (Å²) >= 11 is 0. The van der Waals surface area contributed by atoms with Crippen LogP contribution in [0.5, 0.6) is 0 Å². The van der Waals surface area contributed by atoms with E-state index >= 15 is 0 Å². The van der Waals surface area contributed by atoms with Crippen LogP contribution in [0.25, 0.3) is 11.4 Å². The monoisotopic (exact) mass is 337 g/mol. The third-order valence-electron chi connectivity index (χ3n) is 5.64. The summed E-state index contributed by atoms with van der Waals surface area (Å²) < 4.78 is 0. The molecule has 4 rings (SSSR count). The number of carbonyl (C=O) groups is 1. The summed E-state index contributed by atoms with van der Waals surface area (Å²) in [5.74, 6) is 0.828. The lowest BCUT2D eigenvalue weighted by molar-refractivity contribution is 0.0384. The van der Waals surface area contributed by atoms with Crippen LogP contribution in [0.3, 0.4) is 0 Å². The van der Waals surface area contributed by atoms with Crippen LogP contribution in [-0.2, 0) is 0 Å². The van der Waals surface area contributed by atoms with Gasteiger partial charge in [0.2, 0.25) is 0 Å². The zero-order valence-electron chi connectivity index (χ0n) is 14.4. The fourth-order valence-electron chi connectivity index (χ4n) is 4.39. The second kappa shape index (κ2) is 6.56. The van der Waals surface area contributed by atoms with E-state index in [1.807, 2.05) is 30.0 Å². The lowest BCUT2D eigenvalue weighted by atomic mass is 9.89. The van der Waals surface area contributed by atoms with E-state index in [-0.39, 0.29) is 24.5 Å². The van der Waals surface area contributed by atoms with E-state index in [0.717, 1.165) is 36.8 Å². The molecule has 1 unspecified atom stereocenters. The van der Waals surface area contributed by atoms with Crippen molar-refractivity contribution < 1.29 is 9.90 Å². The molecule has 3 atom stereocenters. The summed E-state index contributed by atoms with van der Waals surface area (Å²) in [7, 11) is 0. The van der Waals surface area contributed by atoms with Crippen molar-refractivity contribution in [1.29, 1.82) is 0 Å². The van der Waals surface area contributed by atoms with Gasteiger partial charge in [-0.15, -0.1) is 0 Å². The van der Waals surface area contributed by atoms with Gasteiger partial charge >= 0.3 is 0 Å². The molecule has 2 fully saturated rings. The smallest absolute Gasteiger partial charge is 0.255 e. The Labute approximate surface area is 147 Å². The minimum absolute atomic E-state index is 0.0526. The molecule has 0 saturated carbocycles. The maximum absolute atomic E-state index is 13.5. The van der Waals surface area contributed by atoms with Gasteiger partial charge in [-0.05, 0) is 44.7 Å². The lowest BCUT2D eigenvalue weighted by Crippen LogP contribution is -2.49. The molecular weight excluding hydrogens is 314 g/mol. The Morgan fingerprint density at radius 2 is 1.96 bits per heavy atom. The van der Waals surface area contributed by atoms with Gasteiger partial charge in [0.15, 0.2) is 5.82 Å². The summed E-state index contributed by atoms with van der Waals surface area (Å²) in [6.45, 7) is 2.15. The Balaban J connectivity index is 1.74. The van der Waals surface area contributed by atoms with Crippen LogP contribution in [0, 0.1) is 12.8 Å². The van der Waals surface area contributed by atoms with Crippen LogP contribution >= 0.6 is 0 Å². The van der Waals surface area contributed by atoms with Crippen molar-refractivity contribution in [2.24, 2.45) is 5.92 Å². The van der Waals surface area contributed by atoms with Crippen molar-refractivity contribution in [3.63, 3.8) is 0 Å². The van der Waals surface area contributed by atoms with E-state index in [9.17, 15) is 9.90 Å². The Morgan fingerprint density at radius 3 is 2.72 bits per heavy atom. The van der Waals surface area contributed by atoms with Gasteiger partial charge in [-0.3, -0.25) is 4.79 Å². The first-order valence-electron chi connectivity index (χ1n) is 9.00. The first-order valence-corrected chi connectivity index (χ1v) is 9.00. The number of aromatic nitrogens is 2. The molecule has 0 aliphatic carbocycles. The summed E-state index contributed by atoms with van der Waals surface area (Å²) in [5.41, 5.74) is 2.49. The number of benzene rings is 1. The molecule has 5 nitrogen and oxygen atoms in total. The van der Waals surface area contributed by atoms with Gasteiger partial charge in [-0.25, -0.2) is 9.97 Å². The van der Waals surface area contributed by atoms with Gasteiger partial charge in [-0.2, -0.15) is 0 Å². The van der Waals surface area contributed by atoms with Gasteiger partial charge in [0.05, 0.1) is 5.56 Å². The molecule has 2 bridgehead atoms. The Kier molecular flexibility index (Phi) is 4.25. The molecule has 1 aromatic heterocycles. The van der Waals surface area contributed by atoms with Crippen molar-refractivity contribution in [2.45, 2.75) is 44.7 Å². The number of amides is 1. The van der Waals surface area contributed by atoms with E-state index in [2.05, 4.69) is 9.97 Å². The molecule has 2 aliphatic heterocycles. The summed E-state index contributed by atoms with van der Waals surface area (Å²) in [4.78, 5) is 24.2. The Morgan fingerprint density at radius 1 is 1.20 bits per heavy atom. The quantitative estimate of drug-likeness (QED) is 0.935. The predicted octanol–water partition coefficient (Wildman–Crippen LogP) is 2.83. The molecule has 1 aromatic carbocycles. The van der Waals surface area contributed by atoms with Crippen LogP contribution in [0.2, 0.25) is 0 Å². The molecule has 0 spiro atoms. The molecule has 0 radical (unpaired) electrons. The van der Waals surface area contributed by atoms with Crippen LogP contribution in [0.1, 0.15) is 41.6 Å². The van der Waals surface area contributed by atoms with E-state index < -0.39 is 0 Å². The zero-order valence-corrected chi connectivity index (χ0v) is 14.4. The normalized spacial score (nSPS) is 25.2. The van der Waals surface area contributed by atoms with E-state index in [1.54, 1.807) is 18.5 Å². The highest BCUT2D eigenvalue weighted by Crippen LogP contribution is 2.40. The first-order chi connectivity index (χ1) is 12.2. The molecule has 1 N–H and O–H groups in total. The number of aliphatic hydroxyl groups excluding tert-OH is 1. The minimum atomic E-state index is 0.0526. The maximum Gasteiger partial charge on any atom is 0.255 e. The van der Waals surface area contributed by atoms with Crippen molar-refractivity contribution >= 4 is 5.91 Å². The molecule has 5 heteroatoms. The number of hydrogen-bond acceptors (Lipinski definition) is 4. The van der Waals surface area contributed by atoms with Crippen LogP contribution in [0.4, 0.5) is 0 Å². The van der Waals surface area contributed by atoms with E-state index in [4.69, 9.17) is 0 Å². The zero-order chi connectivity index (χ0) is 17.4. The number of hydrogen-bond donors (Lipinski definition) is 1. The summed E-state index contributed by atoms with van der Waals surface area (Å²) in [6.07, 6.45) is 7.42. The first kappa shape index (κ1) is 16.2. The van der Waals surface area contributed by atoms with Crippen LogP contribution < -0.4 is 0 Å². The number of aliphatic hydroxyl groups is 1. The number of carbonyl (C=O) groups excluding carboxylic acids is 1. The molecule has 3 heterocycles. The van der Waals surface area contributed by atoms with Crippen molar-refractivity contribution in [3.8, 4) is 11.4 Å². The average Bonchev–Trinajstić information content (AvgIpc) is 2.95. The second-order valence-corrected chi connectivity index (χ2v) is 7.15. The Bertz CT molecular complexity index is 778. The van der Waals surface area contributed by atoms with E-state index in [0.29, 0.717) is 17.4 Å². The number of fused-ring (bicyclic) bond motifs is 2. The van der Waals surface area contributed by atoms with Crippen LogP contribution in [-0.4, -0.2) is 44.6 Å². The van der Waals surface area contributed by atoms with Gasteiger partial charge < -0.3 is 10.0 Å². The maximum atomic E-state index is 13.5. The van der Waals surface area contributed by atoms with Gasteiger partial charge in [0.1, 0.15) is 0 Å². The predicted molar refractivity (Wildman–Crippen MR) is 95.0 cm³/mol.